The first-order valence-corrected chi connectivity index (χ1v) is 9.35. The summed E-state index contributed by atoms with van der Waals surface area (Å²) in [6, 6.07) is 12.1. The number of hydrogen-bond acceptors (Lipinski definition) is 5. The van der Waals surface area contributed by atoms with E-state index in [9.17, 15) is 19.7 Å². The number of nitrogens with one attached hydrogen (secondary N) is 2. The third-order valence-electron chi connectivity index (χ3n) is 4.31. The standard InChI is InChI=1S/C22H24N4O4/c1-14(2)18-7-5-17(6-8-18)11-15(3)13-23-25-22(28)21(27)24-20-10-9-19(26(29)30)12-16(20)4/h5-14H,1-4H3,(H,24,27)(H,25,28)/b15-11-,23-13+. The number of benzene rings is 2. The fraction of sp³-hybridized carbons (Fsp3) is 0.227. The van der Waals surface area contributed by atoms with Gasteiger partial charge < -0.3 is 5.32 Å². The van der Waals surface area contributed by atoms with Crippen LogP contribution in [0.25, 0.3) is 6.08 Å². The van der Waals surface area contributed by atoms with Crippen LogP contribution < -0.4 is 10.7 Å². The highest BCUT2D eigenvalue weighted by atomic mass is 16.6. The SMILES string of the molecule is CC(=C/c1ccc(C(C)C)cc1)/C=N/NC(=O)C(=O)Nc1ccc([N+](=O)[O-])cc1C. The predicted octanol–water partition coefficient (Wildman–Crippen LogP) is 4.17. The lowest BCUT2D eigenvalue weighted by molar-refractivity contribution is -0.384. The van der Waals surface area contributed by atoms with E-state index in [0.717, 1.165) is 11.1 Å². The number of nitrogens with zero attached hydrogens (tertiary/aromatic N) is 2. The van der Waals surface area contributed by atoms with Crippen molar-refractivity contribution in [3.05, 3.63) is 74.8 Å². The Morgan fingerprint density at radius 3 is 2.33 bits per heavy atom. The summed E-state index contributed by atoms with van der Waals surface area (Å²) in [5.74, 6) is -1.41. The summed E-state index contributed by atoms with van der Waals surface area (Å²) in [5, 5.41) is 17.0. The van der Waals surface area contributed by atoms with Crippen molar-refractivity contribution in [1.82, 2.24) is 5.43 Å². The van der Waals surface area contributed by atoms with Crippen LogP contribution in [0.3, 0.4) is 0 Å². The van der Waals surface area contributed by atoms with Crippen LogP contribution in [0.1, 0.15) is 43.4 Å². The molecule has 2 rings (SSSR count). The topological polar surface area (TPSA) is 114 Å². The molecule has 0 radical (unpaired) electrons. The van der Waals surface area contributed by atoms with Gasteiger partial charge in [0.2, 0.25) is 0 Å². The number of nitro groups is 1. The second kappa shape index (κ2) is 10.1. The number of hydrazone groups is 1. The van der Waals surface area contributed by atoms with Gasteiger partial charge >= 0.3 is 11.8 Å². The van der Waals surface area contributed by atoms with Crippen LogP contribution in [-0.2, 0) is 9.59 Å². The lowest BCUT2D eigenvalue weighted by Gasteiger charge is -2.07. The molecule has 0 unspecified atom stereocenters. The quantitative estimate of drug-likeness (QED) is 0.323. The number of amides is 2. The summed E-state index contributed by atoms with van der Waals surface area (Å²) < 4.78 is 0. The first-order chi connectivity index (χ1) is 14.2. The van der Waals surface area contributed by atoms with Crippen molar-refractivity contribution in [1.29, 1.82) is 0 Å². The zero-order valence-electron chi connectivity index (χ0n) is 17.3. The normalized spacial score (nSPS) is 11.6. The van der Waals surface area contributed by atoms with Crippen molar-refractivity contribution in [2.45, 2.75) is 33.6 Å². The summed E-state index contributed by atoms with van der Waals surface area (Å²) in [4.78, 5) is 34.1. The largest absolute Gasteiger partial charge is 0.329 e. The van der Waals surface area contributed by atoms with Gasteiger partial charge in [-0.05, 0) is 48.1 Å². The Labute approximate surface area is 174 Å². The molecule has 0 saturated heterocycles. The van der Waals surface area contributed by atoms with Crippen LogP contribution in [0.4, 0.5) is 11.4 Å². The number of rotatable bonds is 6. The van der Waals surface area contributed by atoms with E-state index in [1.165, 1.54) is 30.0 Å². The Morgan fingerprint density at radius 1 is 1.10 bits per heavy atom. The molecule has 0 aliphatic carbocycles. The van der Waals surface area contributed by atoms with Crippen molar-refractivity contribution in [2.75, 3.05) is 5.32 Å². The summed E-state index contributed by atoms with van der Waals surface area (Å²) in [5.41, 5.74) is 5.89. The summed E-state index contributed by atoms with van der Waals surface area (Å²) in [6.45, 7) is 7.68. The molecular weight excluding hydrogens is 384 g/mol. The van der Waals surface area contributed by atoms with Crippen LogP contribution in [-0.4, -0.2) is 23.0 Å². The molecule has 0 aromatic heterocycles. The van der Waals surface area contributed by atoms with E-state index in [0.29, 0.717) is 17.2 Å². The number of hydrogen-bond donors (Lipinski definition) is 2. The molecule has 156 valence electrons. The number of aryl methyl sites for hydroxylation is 1. The fourth-order valence-electron chi connectivity index (χ4n) is 2.60. The maximum Gasteiger partial charge on any atom is 0.329 e. The number of nitro benzene ring substituents is 1. The van der Waals surface area contributed by atoms with E-state index in [1.54, 1.807) is 6.92 Å². The molecule has 30 heavy (non-hydrogen) atoms. The number of anilines is 1. The van der Waals surface area contributed by atoms with Crippen molar-refractivity contribution in [3.63, 3.8) is 0 Å². The monoisotopic (exact) mass is 408 g/mol. The number of non-ortho nitro benzene ring substituents is 1. The van der Waals surface area contributed by atoms with Crippen molar-refractivity contribution < 1.29 is 14.5 Å². The van der Waals surface area contributed by atoms with Gasteiger partial charge in [0.15, 0.2) is 0 Å². The fourth-order valence-corrected chi connectivity index (χ4v) is 2.60. The minimum absolute atomic E-state index is 0.0966. The molecule has 2 aromatic carbocycles. The highest BCUT2D eigenvalue weighted by Gasteiger charge is 2.15. The first kappa shape index (κ1) is 22.5. The second-order valence-corrected chi connectivity index (χ2v) is 7.12. The third-order valence-corrected chi connectivity index (χ3v) is 4.31. The van der Waals surface area contributed by atoms with Gasteiger partial charge in [0, 0.05) is 17.8 Å². The van der Waals surface area contributed by atoms with Crippen molar-refractivity contribution in [2.24, 2.45) is 5.10 Å². The number of carbonyl (C=O) groups excluding carboxylic acids is 2. The van der Waals surface area contributed by atoms with Gasteiger partial charge in [-0.3, -0.25) is 19.7 Å². The zero-order chi connectivity index (χ0) is 22.3. The van der Waals surface area contributed by atoms with Crippen LogP contribution >= 0.6 is 0 Å². The Hall–Kier alpha value is -3.81. The van der Waals surface area contributed by atoms with E-state index in [-0.39, 0.29) is 5.69 Å². The van der Waals surface area contributed by atoms with Gasteiger partial charge in [-0.25, -0.2) is 5.43 Å². The highest BCUT2D eigenvalue weighted by Crippen LogP contribution is 2.21. The van der Waals surface area contributed by atoms with Crippen LogP contribution in [0, 0.1) is 17.0 Å². The van der Waals surface area contributed by atoms with Gasteiger partial charge in [-0.1, -0.05) is 44.2 Å². The molecule has 0 fully saturated rings. The molecule has 8 heteroatoms. The van der Waals surface area contributed by atoms with Crippen molar-refractivity contribution >= 4 is 35.5 Å². The molecule has 2 aromatic rings. The summed E-state index contributed by atoms with van der Waals surface area (Å²) in [6.07, 6.45) is 3.35. The predicted molar refractivity (Wildman–Crippen MR) is 117 cm³/mol. The Bertz CT molecular complexity index is 1010. The van der Waals surface area contributed by atoms with E-state index in [4.69, 9.17) is 0 Å². The van der Waals surface area contributed by atoms with E-state index in [1.807, 2.05) is 25.1 Å². The minimum Gasteiger partial charge on any atom is -0.317 e. The molecule has 2 N–H and O–H groups in total. The lowest BCUT2D eigenvalue weighted by atomic mass is 10.0. The minimum atomic E-state index is -0.946. The molecule has 0 bridgehead atoms. The number of allylic oxidation sites excluding steroid dienone is 1. The Balaban J connectivity index is 1.93. The molecule has 0 spiro atoms. The van der Waals surface area contributed by atoms with Gasteiger partial charge in [0.25, 0.3) is 5.69 Å². The summed E-state index contributed by atoms with van der Waals surface area (Å²) >= 11 is 0. The average Bonchev–Trinajstić information content (AvgIpc) is 2.69. The van der Waals surface area contributed by atoms with Gasteiger partial charge in [0.1, 0.15) is 0 Å². The molecule has 0 heterocycles. The second-order valence-electron chi connectivity index (χ2n) is 7.12. The van der Waals surface area contributed by atoms with Crippen LogP contribution in [0.5, 0.6) is 0 Å². The summed E-state index contributed by atoms with van der Waals surface area (Å²) in [7, 11) is 0. The Kier molecular flexibility index (Phi) is 7.57. The molecule has 0 atom stereocenters. The molecule has 0 saturated carbocycles. The van der Waals surface area contributed by atoms with Gasteiger partial charge in [-0.15, -0.1) is 0 Å². The van der Waals surface area contributed by atoms with E-state index >= 15 is 0 Å². The zero-order valence-corrected chi connectivity index (χ0v) is 17.3. The average molecular weight is 408 g/mol. The van der Waals surface area contributed by atoms with Crippen LogP contribution in [0.15, 0.2) is 53.1 Å². The van der Waals surface area contributed by atoms with Crippen molar-refractivity contribution in [3.8, 4) is 0 Å². The molecule has 0 aliphatic heterocycles. The first-order valence-electron chi connectivity index (χ1n) is 9.35. The van der Waals surface area contributed by atoms with Gasteiger partial charge in [-0.2, -0.15) is 5.10 Å². The maximum atomic E-state index is 12.0. The smallest absolute Gasteiger partial charge is 0.317 e. The highest BCUT2D eigenvalue weighted by molar-refractivity contribution is 6.39. The Morgan fingerprint density at radius 2 is 1.77 bits per heavy atom. The van der Waals surface area contributed by atoms with E-state index in [2.05, 4.69) is 41.8 Å². The number of carbonyl (C=O) groups is 2. The van der Waals surface area contributed by atoms with Gasteiger partial charge in [0.05, 0.1) is 11.1 Å². The molecular formula is C22H24N4O4. The lowest BCUT2D eigenvalue weighted by Crippen LogP contribution is -2.32. The molecule has 8 nitrogen and oxygen atoms in total. The maximum absolute atomic E-state index is 12.0. The third kappa shape index (κ3) is 6.37. The van der Waals surface area contributed by atoms with E-state index < -0.39 is 16.7 Å². The van der Waals surface area contributed by atoms with Crippen LogP contribution in [0.2, 0.25) is 0 Å². The molecule has 0 aliphatic rings. The molecule has 2 amide bonds.